The first kappa shape index (κ1) is 13.6. The van der Waals surface area contributed by atoms with E-state index in [0.29, 0.717) is 12.4 Å². The highest BCUT2D eigenvalue weighted by molar-refractivity contribution is 5.37. The molecule has 0 aliphatic rings. The minimum absolute atomic E-state index is 0.129. The van der Waals surface area contributed by atoms with Crippen LogP contribution in [0.25, 0.3) is 0 Å². The molecule has 0 saturated carbocycles. The van der Waals surface area contributed by atoms with Crippen molar-refractivity contribution in [2.24, 2.45) is 0 Å². The van der Waals surface area contributed by atoms with Crippen molar-refractivity contribution < 1.29 is 4.42 Å². The molecular weight excluding hydrogens is 238 g/mol. The van der Waals surface area contributed by atoms with Crippen molar-refractivity contribution >= 4 is 5.82 Å². The Morgan fingerprint density at radius 3 is 2.47 bits per heavy atom. The van der Waals surface area contributed by atoms with E-state index in [1.54, 1.807) is 6.20 Å². The van der Waals surface area contributed by atoms with Gasteiger partial charge in [-0.25, -0.2) is 9.97 Å². The highest BCUT2D eigenvalue weighted by atomic mass is 16.4. The van der Waals surface area contributed by atoms with Crippen molar-refractivity contribution in [3.05, 3.63) is 41.7 Å². The van der Waals surface area contributed by atoms with Crippen LogP contribution in [-0.4, -0.2) is 9.97 Å². The first-order valence-electron chi connectivity index (χ1n) is 6.63. The second kappa shape index (κ2) is 5.43. The summed E-state index contributed by atoms with van der Waals surface area (Å²) in [5, 5.41) is 3.21. The molecule has 102 valence electrons. The average Bonchev–Trinajstić information content (AvgIpc) is 2.84. The largest absolute Gasteiger partial charge is 0.444 e. The number of anilines is 1. The van der Waals surface area contributed by atoms with Crippen LogP contribution in [0.2, 0.25) is 0 Å². The molecule has 0 saturated heterocycles. The Hall–Kier alpha value is -1.84. The fourth-order valence-corrected chi connectivity index (χ4v) is 1.70. The first-order chi connectivity index (χ1) is 8.99. The van der Waals surface area contributed by atoms with Crippen LogP contribution in [0.4, 0.5) is 5.82 Å². The molecule has 4 nitrogen and oxygen atoms in total. The summed E-state index contributed by atoms with van der Waals surface area (Å²) in [5.41, 5.74) is 1.35. The summed E-state index contributed by atoms with van der Waals surface area (Å²) in [6.45, 7) is 9.13. The van der Waals surface area contributed by atoms with Gasteiger partial charge in [-0.2, -0.15) is 0 Å². The topological polar surface area (TPSA) is 51.0 Å². The molecule has 0 spiro atoms. The van der Waals surface area contributed by atoms with E-state index in [2.05, 4.69) is 42.1 Å². The molecule has 0 bridgehead atoms. The van der Waals surface area contributed by atoms with Gasteiger partial charge in [0.15, 0.2) is 0 Å². The standard InChI is InChI=1S/C15H21N3O/c1-5-12-9-18-14(19-12)10-17-13-7-6-11(8-16-13)15(2,3)4/h6-9H,5,10H2,1-4H3,(H,16,17). The van der Waals surface area contributed by atoms with Gasteiger partial charge >= 0.3 is 0 Å². The number of nitrogens with zero attached hydrogens (tertiary/aromatic N) is 2. The molecule has 19 heavy (non-hydrogen) atoms. The van der Waals surface area contributed by atoms with Crippen LogP contribution in [0, 0.1) is 0 Å². The molecule has 2 rings (SSSR count). The Morgan fingerprint density at radius 1 is 1.16 bits per heavy atom. The van der Waals surface area contributed by atoms with Crippen LogP contribution >= 0.6 is 0 Å². The summed E-state index contributed by atoms with van der Waals surface area (Å²) in [4.78, 5) is 8.61. The second-order valence-corrected chi connectivity index (χ2v) is 5.61. The van der Waals surface area contributed by atoms with Crippen molar-refractivity contribution in [2.75, 3.05) is 5.32 Å². The lowest BCUT2D eigenvalue weighted by Crippen LogP contribution is -2.11. The van der Waals surface area contributed by atoms with Crippen molar-refractivity contribution in [3.8, 4) is 0 Å². The third-order valence-electron chi connectivity index (χ3n) is 3.00. The molecule has 0 aliphatic carbocycles. The summed E-state index contributed by atoms with van der Waals surface area (Å²) in [5.74, 6) is 2.44. The number of pyridine rings is 1. The third kappa shape index (κ3) is 3.56. The van der Waals surface area contributed by atoms with Gasteiger partial charge in [-0.15, -0.1) is 0 Å². The number of aromatic nitrogens is 2. The molecule has 2 aromatic heterocycles. The van der Waals surface area contributed by atoms with E-state index in [0.717, 1.165) is 18.0 Å². The number of hydrogen-bond donors (Lipinski definition) is 1. The zero-order valence-electron chi connectivity index (χ0n) is 12.0. The van der Waals surface area contributed by atoms with E-state index >= 15 is 0 Å². The summed E-state index contributed by atoms with van der Waals surface area (Å²) in [7, 11) is 0. The number of hydrogen-bond acceptors (Lipinski definition) is 4. The summed E-state index contributed by atoms with van der Waals surface area (Å²) in [6, 6.07) is 4.09. The summed E-state index contributed by atoms with van der Waals surface area (Å²) >= 11 is 0. The van der Waals surface area contributed by atoms with Crippen LogP contribution in [0.15, 0.2) is 28.9 Å². The number of rotatable bonds is 4. The van der Waals surface area contributed by atoms with Gasteiger partial charge in [-0.3, -0.25) is 0 Å². The average molecular weight is 259 g/mol. The van der Waals surface area contributed by atoms with Gasteiger partial charge < -0.3 is 9.73 Å². The molecule has 2 heterocycles. The number of aryl methyl sites for hydroxylation is 1. The normalized spacial score (nSPS) is 11.6. The summed E-state index contributed by atoms with van der Waals surface area (Å²) in [6.07, 6.45) is 4.55. The van der Waals surface area contributed by atoms with E-state index in [4.69, 9.17) is 4.42 Å². The maximum Gasteiger partial charge on any atom is 0.213 e. The molecule has 0 radical (unpaired) electrons. The smallest absolute Gasteiger partial charge is 0.213 e. The van der Waals surface area contributed by atoms with Crippen LogP contribution < -0.4 is 5.32 Å². The maximum atomic E-state index is 5.53. The van der Waals surface area contributed by atoms with Gasteiger partial charge in [-0.1, -0.05) is 33.8 Å². The van der Waals surface area contributed by atoms with Gasteiger partial charge in [-0.05, 0) is 17.0 Å². The fraction of sp³-hybridized carbons (Fsp3) is 0.467. The Kier molecular flexibility index (Phi) is 3.88. The van der Waals surface area contributed by atoms with Gasteiger partial charge in [0.05, 0.1) is 12.7 Å². The van der Waals surface area contributed by atoms with Gasteiger partial charge in [0.2, 0.25) is 5.89 Å². The maximum absolute atomic E-state index is 5.53. The number of oxazole rings is 1. The SMILES string of the molecule is CCc1cnc(CNc2ccc(C(C)(C)C)cn2)o1. The van der Waals surface area contributed by atoms with Crippen LogP contribution in [-0.2, 0) is 18.4 Å². The van der Waals surface area contributed by atoms with Crippen molar-refractivity contribution in [1.82, 2.24) is 9.97 Å². The molecule has 2 aromatic rings. The zero-order valence-corrected chi connectivity index (χ0v) is 12.0. The van der Waals surface area contributed by atoms with E-state index in [1.807, 2.05) is 19.2 Å². The lowest BCUT2D eigenvalue weighted by molar-refractivity contribution is 0.465. The molecule has 0 atom stereocenters. The Bertz CT molecular complexity index is 523. The monoisotopic (exact) mass is 259 g/mol. The van der Waals surface area contributed by atoms with Gasteiger partial charge in [0.1, 0.15) is 11.6 Å². The lowest BCUT2D eigenvalue weighted by atomic mass is 9.88. The quantitative estimate of drug-likeness (QED) is 0.912. The molecule has 1 N–H and O–H groups in total. The van der Waals surface area contributed by atoms with E-state index < -0.39 is 0 Å². The fourth-order valence-electron chi connectivity index (χ4n) is 1.70. The minimum Gasteiger partial charge on any atom is -0.444 e. The van der Waals surface area contributed by atoms with Crippen molar-refractivity contribution in [2.45, 2.75) is 46.1 Å². The van der Waals surface area contributed by atoms with Crippen LogP contribution in [0.3, 0.4) is 0 Å². The minimum atomic E-state index is 0.129. The molecule has 0 fully saturated rings. The zero-order chi connectivity index (χ0) is 13.9. The van der Waals surface area contributed by atoms with Gasteiger partial charge in [0.25, 0.3) is 0 Å². The predicted molar refractivity (Wildman–Crippen MR) is 76.1 cm³/mol. The Balaban J connectivity index is 1.96. The third-order valence-corrected chi connectivity index (χ3v) is 3.00. The molecule has 0 aromatic carbocycles. The van der Waals surface area contributed by atoms with Crippen molar-refractivity contribution in [3.63, 3.8) is 0 Å². The van der Waals surface area contributed by atoms with Crippen molar-refractivity contribution in [1.29, 1.82) is 0 Å². The highest BCUT2D eigenvalue weighted by Gasteiger charge is 2.13. The Morgan fingerprint density at radius 2 is 1.95 bits per heavy atom. The number of nitrogens with one attached hydrogen (secondary N) is 1. The summed E-state index contributed by atoms with van der Waals surface area (Å²) < 4.78 is 5.53. The van der Waals surface area contributed by atoms with E-state index in [9.17, 15) is 0 Å². The molecule has 0 unspecified atom stereocenters. The van der Waals surface area contributed by atoms with E-state index in [-0.39, 0.29) is 5.41 Å². The predicted octanol–water partition coefficient (Wildman–Crippen LogP) is 3.54. The molecule has 0 amide bonds. The van der Waals surface area contributed by atoms with E-state index in [1.165, 1.54) is 5.56 Å². The molecule has 0 aliphatic heterocycles. The lowest BCUT2D eigenvalue weighted by Gasteiger charge is -2.18. The van der Waals surface area contributed by atoms with Gasteiger partial charge in [0, 0.05) is 12.6 Å². The van der Waals surface area contributed by atoms with Crippen LogP contribution in [0.1, 0.15) is 44.9 Å². The van der Waals surface area contributed by atoms with Crippen LogP contribution in [0.5, 0.6) is 0 Å². The Labute approximate surface area is 114 Å². The molecular formula is C15H21N3O. The second-order valence-electron chi connectivity index (χ2n) is 5.61. The molecule has 4 heteroatoms. The first-order valence-corrected chi connectivity index (χ1v) is 6.63. The highest BCUT2D eigenvalue weighted by Crippen LogP contribution is 2.22.